The van der Waals surface area contributed by atoms with Crippen molar-refractivity contribution in [2.75, 3.05) is 14.2 Å². The van der Waals surface area contributed by atoms with Crippen LogP contribution >= 0.6 is 0 Å². The van der Waals surface area contributed by atoms with Crippen LogP contribution in [0.1, 0.15) is 30.9 Å². The van der Waals surface area contributed by atoms with Crippen molar-refractivity contribution < 1.29 is 24.2 Å². The normalized spacial score (nSPS) is 21.4. The van der Waals surface area contributed by atoms with Crippen molar-refractivity contribution in [3.05, 3.63) is 73.1 Å². The maximum absolute atomic E-state index is 13.2. The van der Waals surface area contributed by atoms with E-state index in [1.807, 2.05) is 6.08 Å². The average molecular weight is 465 g/mol. The van der Waals surface area contributed by atoms with Gasteiger partial charge in [0.05, 0.1) is 26.8 Å². The first-order valence-corrected chi connectivity index (χ1v) is 10.7. The molecule has 1 aromatic heterocycles. The number of aromatic nitrogens is 3. The van der Waals surface area contributed by atoms with Crippen LogP contribution in [0.4, 0.5) is 0 Å². The molecule has 0 spiro atoms. The summed E-state index contributed by atoms with van der Waals surface area (Å²) in [6, 6.07) is 2.55. The first-order chi connectivity index (χ1) is 16.2. The van der Waals surface area contributed by atoms with Gasteiger partial charge in [0.1, 0.15) is 0 Å². The molecule has 1 N–H and O–H groups in total. The van der Waals surface area contributed by atoms with Gasteiger partial charge in [0, 0.05) is 36.1 Å². The summed E-state index contributed by atoms with van der Waals surface area (Å²) in [7, 11) is 4.21. The first kappa shape index (κ1) is 21.7. The van der Waals surface area contributed by atoms with Crippen molar-refractivity contribution in [1.82, 2.24) is 13.9 Å². The third-order valence-corrected chi connectivity index (χ3v) is 6.86. The minimum atomic E-state index is -0.700. The van der Waals surface area contributed by atoms with Gasteiger partial charge >= 0.3 is 11.4 Å². The van der Waals surface area contributed by atoms with Crippen LogP contribution in [-0.4, -0.2) is 44.8 Å². The molecule has 5 rings (SSSR count). The third-order valence-electron chi connectivity index (χ3n) is 6.86. The molecule has 1 aliphatic heterocycles. The lowest BCUT2D eigenvalue weighted by Gasteiger charge is -2.39. The van der Waals surface area contributed by atoms with Crippen molar-refractivity contribution in [1.29, 1.82) is 0 Å². The number of aromatic hydroxyl groups is 1. The molecule has 10 nitrogen and oxygen atoms in total. The Morgan fingerprint density at radius 1 is 1.03 bits per heavy atom. The van der Waals surface area contributed by atoms with E-state index < -0.39 is 23.3 Å². The molecule has 0 saturated carbocycles. The van der Waals surface area contributed by atoms with Gasteiger partial charge in [-0.3, -0.25) is 9.59 Å². The second-order valence-electron chi connectivity index (χ2n) is 8.59. The summed E-state index contributed by atoms with van der Waals surface area (Å²) in [5, 5.41) is 10.4. The van der Waals surface area contributed by atoms with Crippen LogP contribution in [0, 0.1) is 0 Å². The number of benzene rings is 1. The van der Waals surface area contributed by atoms with Gasteiger partial charge in [-0.1, -0.05) is 6.08 Å². The molecular formula is C24H23N3O7. The topological polar surface area (TPSA) is 122 Å². The Balaban J connectivity index is 1.81. The number of fused-ring (bicyclic) bond motifs is 3. The zero-order valence-electron chi connectivity index (χ0n) is 19.1. The van der Waals surface area contributed by atoms with E-state index >= 15 is 0 Å². The predicted octanol–water partition coefficient (Wildman–Crippen LogP) is 1.13. The number of nitrogens with zero attached hydrogens (tertiary/aromatic N) is 3. The molecule has 2 heterocycles. The van der Waals surface area contributed by atoms with Gasteiger partial charge in [-0.2, -0.15) is 0 Å². The Morgan fingerprint density at radius 3 is 2.29 bits per heavy atom. The predicted molar refractivity (Wildman–Crippen MR) is 120 cm³/mol. The minimum absolute atomic E-state index is 0.114. The van der Waals surface area contributed by atoms with E-state index in [0.717, 1.165) is 10.1 Å². The first-order valence-electron chi connectivity index (χ1n) is 10.7. The number of ketones is 2. The summed E-state index contributed by atoms with van der Waals surface area (Å²) in [5.74, 6) is -1.15. The lowest BCUT2D eigenvalue weighted by molar-refractivity contribution is -0.116. The molecule has 2 atom stereocenters. The van der Waals surface area contributed by atoms with Gasteiger partial charge < -0.3 is 14.6 Å². The van der Waals surface area contributed by atoms with Gasteiger partial charge in [0.15, 0.2) is 23.1 Å². The Morgan fingerprint density at radius 2 is 1.68 bits per heavy atom. The Bertz CT molecular complexity index is 1470. The van der Waals surface area contributed by atoms with Crippen LogP contribution < -0.4 is 20.9 Å². The van der Waals surface area contributed by atoms with Crippen LogP contribution in [0.15, 0.2) is 56.2 Å². The minimum Gasteiger partial charge on any atom is -0.502 e. The van der Waals surface area contributed by atoms with E-state index in [2.05, 4.69) is 0 Å². The number of hydrogen-bond donors (Lipinski definition) is 1. The Kier molecular flexibility index (Phi) is 4.78. The molecule has 0 radical (unpaired) electrons. The fourth-order valence-electron chi connectivity index (χ4n) is 5.22. The molecule has 1 aromatic carbocycles. The number of methoxy groups -OCH3 is 2. The van der Waals surface area contributed by atoms with E-state index in [9.17, 15) is 24.3 Å². The summed E-state index contributed by atoms with van der Waals surface area (Å²) in [6.07, 6.45) is 3.27. The standard InChI is InChI=1S/C24H23N3O7/c1-11-7-16(28)20-14(21(11)29)10-15-13(5-6-26-23(31)25(2)24(32)27(15)26)19(20)12-8-17(33-3)22(30)18(9-12)34-4/h5,7-9,15,19,30H,6,10H2,1-4H3/t15-,19+/m1/s1. The summed E-state index contributed by atoms with van der Waals surface area (Å²) >= 11 is 0. The van der Waals surface area contributed by atoms with Crippen molar-refractivity contribution in [3.8, 4) is 17.2 Å². The largest absolute Gasteiger partial charge is 0.502 e. The summed E-state index contributed by atoms with van der Waals surface area (Å²) in [4.78, 5) is 52.0. The molecule has 0 saturated heterocycles. The second-order valence-corrected chi connectivity index (χ2v) is 8.59. The number of rotatable bonds is 3. The zero-order chi connectivity index (χ0) is 24.5. The van der Waals surface area contributed by atoms with E-state index in [1.165, 1.54) is 36.7 Å². The molecule has 10 heteroatoms. The molecule has 2 aromatic rings. The number of ether oxygens (including phenoxy) is 2. The number of phenols is 1. The molecule has 3 aliphatic rings. The number of carbonyl (C=O) groups is 2. The van der Waals surface area contributed by atoms with E-state index in [-0.39, 0.29) is 41.8 Å². The molecule has 0 fully saturated rings. The van der Waals surface area contributed by atoms with Gasteiger partial charge in [-0.15, -0.1) is 0 Å². The highest BCUT2D eigenvalue weighted by Crippen LogP contribution is 2.51. The van der Waals surface area contributed by atoms with Crippen molar-refractivity contribution >= 4 is 11.6 Å². The summed E-state index contributed by atoms with van der Waals surface area (Å²) < 4.78 is 14.4. The highest BCUT2D eigenvalue weighted by atomic mass is 16.5. The number of allylic oxidation sites excluding steroid dienone is 6. The fraction of sp³-hybridized carbons (Fsp3) is 0.333. The van der Waals surface area contributed by atoms with Crippen molar-refractivity contribution in [3.63, 3.8) is 0 Å². The molecule has 0 bridgehead atoms. The van der Waals surface area contributed by atoms with Crippen molar-refractivity contribution in [2.24, 2.45) is 7.05 Å². The highest BCUT2D eigenvalue weighted by molar-refractivity contribution is 6.23. The number of phenolic OH excluding ortho intramolecular Hbond substituents is 1. The summed E-state index contributed by atoms with van der Waals surface area (Å²) in [6.45, 7) is 1.73. The fourth-order valence-corrected chi connectivity index (χ4v) is 5.22. The van der Waals surface area contributed by atoms with E-state index in [0.29, 0.717) is 22.3 Å². The van der Waals surface area contributed by atoms with Crippen LogP contribution in [0.5, 0.6) is 17.2 Å². The average Bonchev–Trinajstić information content (AvgIpc) is 3.05. The lowest BCUT2D eigenvalue weighted by Crippen LogP contribution is -2.40. The number of hydrogen-bond acceptors (Lipinski definition) is 7. The van der Waals surface area contributed by atoms with Crippen LogP contribution in [-0.2, 0) is 23.2 Å². The summed E-state index contributed by atoms with van der Waals surface area (Å²) in [5.41, 5.74) is 1.30. The van der Waals surface area contributed by atoms with Crippen LogP contribution in [0.25, 0.3) is 0 Å². The molecule has 34 heavy (non-hydrogen) atoms. The SMILES string of the molecule is COc1cc([C@H]2C3=CCn4c(=O)n(C)c(=O)n4[C@@H]3CC3=C2C(=O)C=C(C)C3=O)cc(OC)c1O. The van der Waals surface area contributed by atoms with Crippen LogP contribution in [0.3, 0.4) is 0 Å². The maximum Gasteiger partial charge on any atom is 0.347 e. The highest BCUT2D eigenvalue weighted by Gasteiger charge is 2.45. The number of Topliss-reactive ketones (excluding diaryl/α,β-unsaturated/α-hetero) is 1. The van der Waals surface area contributed by atoms with E-state index in [1.54, 1.807) is 19.1 Å². The van der Waals surface area contributed by atoms with Gasteiger partial charge in [-0.05, 0) is 36.3 Å². The Labute approximate surface area is 193 Å². The molecule has 2 aliphatic carbocycles. The maximum atomic E-state index is 13.2. The smallest absolute Gasteiger partial charge is 0.347 e. The molecular weight excluding hydrogens is 442 g/mol. The monoisotopic (exact) mass is 465 g/mol. The number of carbonyl (C=O) groups excluding carboxylic acids is 2. The molecule has 0 amide bonds. The van der Waals surface area contributed by atoms with Gasteiger partial charge in [0.2, 0.25) is 5.75 Å². The quantitative estimate of drug-likeness (QED) is 0.533. The van der Waals surface area contributed by atoms with Gasteiger partial charge in [-0.25, -0.2) is 23.5 Å². The second kappa shape index (κ2) is 7.47. The van der Waals surface area contributed by atoms with Crippen molar-refractivity contribution in [2.45, 2.75) is 31.8 Å². The zero-order valence-corrected chi connectivity index (χ0v) is 19.1. The molecule has 176 valence electrons. The van der Waals surface area contributed by atoms with Crippen LogP contribution in [0.2, 0.25) is 0 Å². The molecule has 0 unspecified atom stereocenters. The lowest BCUT2D eigenvalue weighted by atomic mass is 9.68. The van der Waals surface area contributed by atoms with E-state index in [4.69, 9.17) is 9.47 Å². The van der Waals surface area contributed by atoms with Gasteiger partial charge in [0.25, 0.3) is 0 Å². The third kappa shape index (κ3) is 2.81. The Hall–Kier alpha value is -4.08.